The van der Waals surface area contributed by atoms with Gasteiger partial charge in [-0.2, -0.15) is 0 Å². The van der Waals surface area contributed by atoms with Crippen LogP contribution in [0.1, 0.15) is 0 Å². The molecule has 9 aromatic carbocycles. The van der Waals surface area contributed by atoms with E-state index in [0.717, 1.165) is 77.3 Å². The van der Waals surface area contributed by atoms with Gasteiger partial charge in [-0.05, 0) is 75.5 Å². The van der Waals surface area contributed by atoms with Crippen LogP contribution in [0.2, 0.25) is 0 Å². The van der Waals surface area contributed by atoms with Crippen LogP contribution < -0.4 is 0 Å². The zero-order valence-corrected chi connectivity index (χ0v) is 32.4. The summed E-state index contributed by atoms with van der Waals surface area (Å²) in [6.07, 6.45) is 0. The second-order valence-corrected chi connectivity index (χ2v) is 15.9. The Labute approximate surface area is 347 Å². The summed E-state index contributed by atoms with van der Waals surface area (Å²) in [4.78, 5) is 15.7. The third-order valence-corrected chi connectivity index (χ3v) is 12.6. The average molecular weight is 779 g/mol. The van der Waals surface area contributed by atoms with Crippen LogP contribution in [-0.4, -0.2) is 19.5 Å². The minimum Gasteiger partial charge on any atom is -0.456 e. The normalized spacial score (nSPS) is 12.3. The Kier molecular flexibility index (Phi) is 6.46. The smallest absolute Gasteiger partial charge is 0.164 e. The molecule has 4 aromatic heterocycles. The Balaban J connectivity index is 1.08. The van der Waals surface area contributed by atoms with Gasteiger partial charge in [-0.3, -0.25) is 0 Å². The maximum Gasteiger partial charge on any atom is 0.164 e. The highest BCUT2D eigenvalue weighted by Gasteiger charge is 2.26. The summed E-state index contributed by atoms with van der Waals surface area (Å²) >= 11 is 0. The Morgan fingerprint density at radius 1 is 0.328 bits per heavy atom. The molecule has 0 aliphatic heterocycles. The van der Waals surface area contributed by atoms with Gasteiger partial charge < -0.3 is 13.4 Å². The first kappa shape index (κ1) is 32.6. The zero-order valence-electron chi connectivity index (χ0n) is 32.4. The van der Waals surface area contributed by atoms with E-state index in [4.69, 9.17) is 23.8 Å². The van der Waals surface area contributed by atoms with E-state index in [1.165, 1.54) is 43.8 Å². The van der Waals surface area contributed by atoms with Crippen molar-refractivity contribution in [1.29, 1.82) is 0 Å². The lowest BCUT2D eigenvalue weighted by Gasteiger charge is -2.15. The molecular formula is C55H30N4O2. The van der Waals surface area contributed by atoms with Gasteiger partial charge in [-0.1, -0.05) is 133 Å². The minimum atomic E-state index is 0.552. The molecule has 4 heterocycles. The van der Waals surface area contributed by atoms with E-state index in [1.807, 2.05) is 66.7 Å². The fourth-order valence-electron chi connectivity index (χ4n) is 9.96. The van der Waals surface area contributed by atoms with Crippen molar-refractivity contribution in [3.05, 3.63) is 182 Å². The molecular weight excluding hydrogens is 749 g/mol. The number of para-hydroxylation sites is 2. The molecule has 0 fully saturated rings. The molecule has 282 valence electrons. The molecule has 0 N–H and O–H groups in total. The molecule has 6 nitrogen and oxygen atoms in total. The Bertz CT molecular complexity index is 4010. The van der Waals surface area contributed by atoms with Gasteiger partial charge in [0.1, 0.15) is 22.3 Å². The van der Waals surface area contributed by atoms with E-state index in [1.54, 1.807) is 0 Å². The highest BCUT2D eigenvalue weighted by atomic mass is 16.3. The van der Waals surface area contributed by atoms with Crippen LogP contribution in [0.25, 0.3) is 139 Å². The average Bonchev–Trinajstić information content (AvgIpc) is 3.98. The molecule has 0 amide bonds. The molecule has 0 spiro atoms. The maximum absolute atomic E-state index is 6.76. The molecule has 0 bridgehead atoms. The van der Waals surface area contributed by atoms with Gasteiger partial charge in [0.2, 0.25) is 0 Å². The summed E-state index contributed by atoms with van der Waals surface area (Å²) in [6, 6.07) is 63.8. The van der Waals surface area contributed by atoms with Crippen LogP contribution in [0.4, 0.5) is 0 Å². The summed E-state index contributed by atoms with van der Waals surface area (Å²) in [5.74, 6) is 1.69. The SMILES string of the molecule is c1ccc(-c2nc(-c3ccc4c(c3)oc3ccccc34)nc(-c3cc(-n4c5cccc6c5c5c7c(cccc7ccc54)-c4ccccc4-6)cc4oc5ccccc5c34)n2)cc1. The zero-order chi connectivity index (χ0) is 39.8. The Morgan fingerprint density at radius 2 is 0.951 bits per heavy atom. The molecule has 6 heteroatoms. The number of hydrogen-bond acceptors (Lipinski definition) is 5. The first-order valence-electron chi connectivity index (χ1n) is 20.5. The summed E-state index contributed by atoms with van der Waals surface area (Å²) in [5, 5.41) is 9.04. The van der Waals surface area contributed by atoms with Crippen LogP contribution in [-0.2, 0) is 0 Å². The van der Waals surface area contributed by atoms with Gasteiger partial charge in [-0.15, -0.1) is 0 Å². The predicted molar refractivity (Wildman–Crippen MR) is 247 cm³/mol. The maximum atomic E-state index is 6.76. The van der Waals surface area contributed by atoms with Gasteiger partial charge in [0.05, 0.1) is 16.7 Å². The molecule has 0 atom stereocenters. The third-order valence-electron chi connectivity index (χ3n) is 12.6. The van der Waals surface area contributed by atoms with Gasteiger partial charge in [-0.25, -0.2) is 15.0 Å². The molecule has 0 saturated carbocycles. The summed E-state index contributed by atoms with van der Waals surface area (Å²) in [5.41, 5.74) is 13.9. The lowest BCUT2D eigenvalue weighted by atomic mass is 9.93. The topological polar surface area (TPSA) is 69.9 Å². The van der Waals surface area contributed by atoms with Crippen molar-refractivity contribution in [2.75, 3.05) is 0 Å². The summed E-state index contributed by atoms with van der Waals surface area (Å²) in [6.45, 7) is 0. The first-order chi connectivity index (χ1) is 30.2. The first-order valence-corrected chi connectivity index (χ1v) is 20.5. The lowest BCUT2D eigenvalue weighted by molar-refractivity contribution is 0.668. The summed E-state index contributed by atoms with van der Waals surface area (Å²) < 4.78 is 15.5. The third kappa shape index (κ3) is 4.58. The van der Waals surface area contributed by atoms with Gasteiger partial charge in [0.25, 0.3) is 0 Å². The van der Waals surface area contributed by atoms with Gasteiger partial charge >= 0.3 is 0 Å². The molecule has 61 heavy (non-hydrogen) atoms. The molecule has 0 unspecified atom stereocenters. The highest BCUT2D eigenvalue weighted by Crippen LogP contribution is 2.50. The predicted octanol–water partition coefficient (Wildman–Crippen LogP) is 14.6. The fraction of sp³-hybridized carbons (Fsp3) is 0. The number of benzene rings is 9. The number of furan rings is 2. The van der Waals surface area contributed by atoms with E-state index in [-0.39, 0.29) is 0 Å². The van der Waals surface area contributed by atoms with Crippen LogP contribution in [0.5, 0.6) is 0 Å². The van der Waals surface area contributed by atoms with Gasteiger partial charge in [0, 0.05) is 55.1 Å². The molecule has 14 rings (SSSR count). The number of rotatable bonds is 4. The molecule has 0 radical (unpaired) electrons. The van der Waals surface area contributed by atoms with Crippen molar-refractivity contribution >= 4 is 76.5 Å². The number of fused-ring (bicyclic) bond motifs is 9. The van der Waals surface area contributed by atoms with E-state index < -0.39 is 0 Å². The van der Waals surface area contributed by atoms with Crippen molar-refractivity contribution in [2.24, 2.45) is 0 Å². The quantitative estimate of drug-likeness (QED) is 0.178. The second kappa shape index (κ2) is 12.1. The van der Waals surface area contributed by atoms with E-state index >= 15 is 0 Å². The molecule has 1 aliphatic carbocycles. The van der Waals surface area contributed by atoms with Crippen molar-refractivity contribution in [3.8, 4) is 62.1 Å². The minimum absolute atomic E-state index is 0.552. The van der Waals surface area contributed by atoms with Crippen LogP contribution in [0.3, 0.4) is 0 Å². The highest BCUT2D eigenvalue weighted by molar-refractivity contribution is 6.30. The number of nitrogens with zero attached hydrogens (tertiary/aromatic N) is 4. The van der Waals surface area contributed by atoms with Crippen LogP contribution in [0.15, 0.2) is 191 Å². The molecule has 1 aliphatic rings. The van der Waals surface area contributed by atoms with E-state index in [2.05, 4.69) is 120 Å². The van der Waals surface area contributed by atoms with E-state index in [0.29, 0.717) is 17.5 Å². The van der Waals surface area contributed by atoms with Crippen molar-refractivity contribution in [1.82, 2.24) is 19.5 Å². The van der Waals surface area contributed by atoms with Crippen molar-refractivity contribution in [3.63, 3.8) is 0 Å². The monoisotopic (exact) mass is 778 g/mol. The second-order valence-electron chi connectivity index (χ2n) is 15.9. The van der Waals surface area contributed by atoms with Gasteiger partial charge in [0.15, 0.2) is 17.5 Å². The lowest BCUT2D eigenvalue weighted by Crippen LogP contribution is -2.02. The largest absolute Gasteiger partial charge is 0.456 e. The number of hydrogen-bond donors (Lipinski definition) is 0. The van der Waals surface area contributed by atoms with Crippen LogP contribution >= 0.6 is 0 Å². The van der Waals surface area contributed by atoms with Crippen molar-refractivity contribution in [2.45, 2.75) is 0 Å². The molecule has 0 saturated heterocycles. The standard InChI is InChI=1S/C55H30N4O2/c1-2-12-32(13-3-1)53-56-54(33-24-26-38-37-17-6-8-22-45(37)60-47(38)28-33)58-55(57-53)42-29-34(30-48-50(42)41-18-7-9-23-46(41)61-48)59-43-21-11-20-40-36-16-5-4-15-35(36)39-19-10-14-31-25-27-44(59)52(49(31)39)51(40)43/h1-30H. The van der Waals surface area contributed by atoms with Crippen LogP contribution in [0, 0.1) is 0 Å². The van der Waals surface area contributed by atoms with Crippen molar-refractivity contribution < 1.29 is 8.83 Å². The Hall–Kier alpha value is -8.35. The Morgan fingerprint density at radius 3 is 1.79 bits per heavy atom. The summed E-state index contributed by atoms with van der Waals surface area (Å²) in [7, 11) is 0. The van der Waals surface area contributed by atoms with E-state index in [9.17, 15) is 0 Å². The molecule has 13 aromatic rings. The number of aromatic nitrogens is 4. The fourth-order valence-corrected chi connectivity index (χ4v) is 9.96.